The van der Waals surface area contributed by atoms with Crippen molar-refractivity contribution >= 4 is 34.8 Å². The summed E-state index contributed by atoms with van der Waals surface area (Å²) < 4.78 is 0. The van der Waals surface area contributed by atoms with Crippen LogP contribution in [-0.2, 0) is 0 Å². The number of rotatable bonds is 1. The second kappa shape index (κ2) is 4.63. The lowest BCUT2D eigenvalue weighted by Crippen LogP contribution is -2.47. The Labute approximate surface area is 117 Å². The molecule has 1 aromatic rings. The molecule has 3 nitrogen and oxygen atoms in total. The van der Waals surface area contributed by atoms with E-state index in [4.69, 9.17) is 23.2 Å². The van der Waals surface area contributed by atoms with Crippen molar-refractivity contribution in [2.75, 3.05) is 0 Å². The quantitative estimate of drug-likeness (QED) is 0.823. The Morgan fingerprint density at radius 3 is 2.67 bits per heavy atom. The van der Waals surface area contributed by atoms with Gasteiger partial charge in [0.25, 0.3) is 0 Å². The van der Waals surface area contributed by atoms with E-state index in [1.807, 2.05) is 6.07 Å². The molecule has 2 N–H and O–H groups in total. The highest BCUT2D eigenvalue weighted by Crippen LogP contribution is 2.40. The van der Waals surface area contributed by atoms with Crippen molar-refractivity contribution < 1.29 is 0 Å². The molecule has 1 unspecified atom stereocenters. The maximum Gasteiger partial charge on any atom is 0.197 e. The van der Waals surface area contributed by atoms with E-state index < -0.39 is 0 Å². The van der Waals surface area contributed by atoms with Crippen molar-refractivity contribution in [3.05, 3.63) is 27.7 Å². The molecule has 1 heterocycles. The van der Waals surface area contributed by atoms with Gasteiger partial charge < -0.3 is 10.6 Å². The van der Waals surface area contributed by atoms with Gasteiger partial charge in [0.05, 0.1) is 16.8 Å². The van der Waals surface area contributed by atoms with E-state index in [0.29, 0.717) is 16.1 Å². The zero-order valence-electron chi connectivity index (χ0n) is 10.1. The van der Waals surface area contributed by atoms with Gasteiger partial charge in [0.15, 0.2) is 5.96 Å². The van der Waals surface area contributed by atoms with Crippen LogP contribution in [-0.4, -0.2) is 12.0 Å². The summed E-state index contributed by atoms with van der Waals surface area (Å²) in [5.41, 5.74) is 1.76. The third kappa shape index (κ3) is 2.06. The van der Waals surface area contributed by atoms with Crippen molar-refractivity contribution in [3.8, 4) is 0 Å². The molecule has 0 radical (unpaired) electrons. The van der Waals surface area contributed by atoms with Gasteiger partial charge >= 0.3 is 0 Å². The number of aliphatic imine (C=N–C) groups is 1. The van der Waals surface area contributed by atoms with E-state index in [0.717, 1.165) is 17.2 Å². The molecule has 1 saturated carbocycles. The van der Waals surface area contributed by atoms with Gasteiger partial charge in [-0.2, -0.15) is 0 Å². The SMILES string of the molecule is CC1NC(NC2CCC2)=Nc2c(Cl)ccc(Cl)c21. The lowest BCUT2D eigenvalue weighted by molar-refractivity contribution is 0.378. The van der Waals surface area contributed by atoms with Gasteiger partial charge in [-0.05, 0) is 38.3 Å². The van der Waals surface area contributed by atoms with E-state index in [9.17, 15) is 0 Å². The van der Waals surface area contributed by atoms with Gasteiger partial charge in [0.1, 0.15) is 0 Å². The molecule has 1 aromatic carbocycles. The molecule has 0 aromatic heterocycles. The molecule has 0 spiro atoms. The number of halogens is 2. The third-order valence-corrected chi connectivity index (χ3v) is 4.21. The zero-order chi connectivity index (χ0) is 12.7. The molecule has 1 aliphatic carbocycles. The summed E-state index contributed by atoms with van der Waals surface area (Å²) in [6, 6.07) is 4.28. The van der Waals surface area contributed by atoms with E-state index in [-0.39, 0.29) is 6.04 Å². The maximum atomic E-state index is 6.21. The monoisotopic (exact) mass is 283 g/mol. The molecule has 1 atom stereocenters. The minimum absolute atomic E-state index is 0.117. The highest BCUT2D eigenvalue weighted by atomic mass is 35.5. The van der Waals surface area contributed by atoms with Crippen LogP contribution in [0.25, 0.3) is 0 Å². The topological polar surface area (TPSA) is 36.4 Å². The lowest BCUT2D eigenvalue weighted by Gasteiger charge is -2.32. The zero-order valence-corrected chi connectivity index (χ0v) is 11.6. The van der Waals surface area contributed by atoms with Gasteiger partial charge in [0, 0.05) is 16.6 Å². The normalized spacial score (nSPS) is 22.6. The van der Waals surface area contributed by atoms with Gasteiger partial charge in [-0.3, -0.25) is 0 Å². The Morgan fingerprint density at radius 2 is 2.00 bits per heavy atom. The number of benzene rings is 1. The summed E-state index contributed by atoms with van der Waals surface area (Å²) >= 11 is 12.4. The molecule has 1 fully saturated rings. The van der Waals surface area contributed by atoms with Crippen LogP contribution in [0.15, 0.2) is 17.1 Å². The molecule has 0 amide bonds. The van der Waals surface area contributed by atoms with Crippen LogP contribution in [0, 0.1) is 0 Å². The van der Waals surface area contributed by atoms with Crippen molar-refractivity contribution in [2.24, 2.45) is 4.99 Å². The second-order valence-electron chi connectivity index (χ2n) is 4.89. The standard InChI is InChI=1S/C13H15Cl2N3/c1-7-11-9(14)5-6-10(15)12(11)18-13(16-7)17-8-3-2-4-8/h5-8H,2-4H2,1H3,(H2,16,17,18). The van der Waals surface area contributed by atoms with Crippen LogP contribution in [0.1, 0.15) is 37.8 Å². The molecule has 3 rings (SSSR count). The van der Waals surface area contributed by atoms with Crippen molar-refractivity contribution in [1.82, 2.24) is 10.6 Å². The number of hydrogen-bond donors (Lipinski definition) is 2. The van der Waals surface area contributed by atoms with Gasteiger partial charge in [-0.1, -0.05) is 23.2 Å². The molecule has 0 saturated heterocycles. The van der Waals surface area contributed by atoms with Crippen LogP contribution in [0.2, 0.25) is 10.0 Å². The third-order valence-electron chi connectivity index (χ3n) is 3.57. The molecule has 2 aliphatic rings. The summed E-state index contributed by atoms with van der Waals surface area (Å²) in [5.74, 6) is 0.809. The molecular formula is C13H15Cl2N3. The molecule has 5 heteroatoms. The first-order chi connectivity index (χ1) is 8.65. The van der Waals surface area contributed by atoms with E-state index in [1.54, 1.807) is 6.07 Å². The van der Waals surface area contributed by atoms with Gasteiger partial charge in [0.2, 0.25) is 0 Å². The Hall–Kier alpha value is -0.930. The first-order valence-corrected chi connectivity index (χ1v) is 7.00. The lowest BCUT2D eigenvalue weighted by atomic mass is 9.93. The van der Waals surface area contributed by atoms with Crippen LogP contribution in [0.4, 0.5) is 5.69 Å². The molecule has 96 valence electrons. The van der Waals surface area contributed by atoms with E-state index in [2.05, 4.69) is 22.5 Å². The van der Waals surface area contributed by atoms with E-state index in [1.165, 1.54) is 19.3 Å². The summed E-state index contributed by atoms with van der Waals surface area (Å²) in [4.78, 5) is 4.56. The molecule has 0 bridgehead atoms. The molecule has 18 heavy (non-hydrogen) atoms. The summed E-state index contributed by atoms with van der Waals surface area (Å²) in [6.07, 6.45) is 3.72. The van der Waals surface area contributed by atoms with Crippen molar-refractivity contribution in [1.29, 1.82) is 0 Å². The number of nitrogens with one attached hydrogen (secondary N) is 2. The van der Waals surface area contributed by atoms with E-state index >= 15 is 0 Å². The average molecular weight is 284 g/mol. The Morgan fingerprint density at radius 1 is 1.28 bits per heavy atom. The predicted octanol–water partition coefficient (Wildman–Crippen LogP) is 3.79. The fourth-order valence-electron chi connectivity index (χ4n) is 2.32. The number of guanidine groups is 1. The highest BCUT2D eigenvalue weighted by molar-refractivity contribution is 6.36. The summed E-state index contributed by atoms with van der Waals surface area (Å²) in [7, 11) is 0. The first kappa shape index (κ1) is 12.1. The van der Waals surface area contributed by atoms with Crippen LogP contribution in [0.5, 0.6) is 0 Å². The molecule has 1 aliphatic heterocycles. The van der Waals surface area contributed by atoms with Gasteiger partial charge in [-0.15, -0.1) is 0 Å². The van der Waals surface area contributed by atoms with Crippen LogP contribution < -0.4 is 10.6 Å². The number of fused-ring (bicyclic) bond motifs is 1. The summed E-state index contributed by atoms with van der Waals surface area (Å²) in [6.45, 7) is 2.07. The largest absolute Gasteiger partial charge is 0.353 e. The smallest absolute Gasteiger partial charge is 0.197 e. The predicted molar refractivity (Wildman–Crippen MR) is 75.9 cm³/mol. The minimum Gasteiger partial charge on any atom is -0.353 e. The Bertz CT molecular complexity index is 509. The second-order valence-corrected chi connectivity index (χ2v) is 5.70. The Balaban J connectivity index is 1.95. The number of hydrogen-bond acceptors (Lipinski definition) is 3. The maximum absolute atomic E-state index is 6.21. The Kier molecular flexibility index (Phi) is 3.12. The number of nitrogens with zero attached hydrogens (tertiary/aromatic N) is 1. The van der Waals surface area contributed by atoms with Crippen LogP contribution >= 0.6 is 23.2 Å². The van der Waals surface area contributed by atoms with Crippen molar-refractivity contribution in [3.63, 3.8) is 0 Å². The fourth-order valence-corrected chi connectivity index (χ4v) is 2.85. The van der Waals surface area contributed by atoms with Crippen LogP contribution in [0.3, 0.4) is 0 Å². The fraction of sp³-hybridized carbons (Fsp3) is 0.462. The average Bonchev–Trinajstić information content (AvgIpc) is 2.28. The van der Waals surface area contributed by atoms with Crippen molar-refractivity contribution in [2.45, 2.75) is 38.3 Å². The molecular weight excluding hydrogens is 269 g/mol. The first-order valence-electron chi connectivity index (χ1n) is 6.25. The highest BCUT2D eigenvalue weighted by Gasteiger charge is 2.25. The van der Waals surface area contributed by atoms with Gasteiger partial charge in [-0.25, -0.2) is 4.99 Å². The summed E-state index contributed by atoms with van der Waals surface area (Å²) in [5, 5.41) is 8.10. The minimum atomic E-state index is 0.117.